The molecule has 1 aromatic heterocycles. The van der Waals surface area contributed by atoms with Gasteiger partial charge in [-0.3, -0.25) is 4.68 Å². The number of fused-ring (bicyclic) bond motifs is 1. The number of benzene rings is 1. The molecule has 4 nitrogen and oxygen atoms in total. The second kappa shape index (κ2) is 5.90. The van der Waals surface area contributed by atoms with Gasteiger partial charge in [0.2, 0.25) is 0 Å². The third-order valence-electron chi connectivity index (χ3n) is 4.25. The van der Waals surface area contributed by atoms with Gasteiger partial charge >= 0.3 is 0 Å². The zero-order valence-corrected chi connectivity index (χ0v) is 13.0. The van der Waals surface area contributed by atoms with Crippen molar-refractivity contribution in [3.05, 3.63) is 46.8 Å². The lowest BCUT2D eigenvalue weighted by Gasteiger charge is -2.12. The van der Waals surface area contributed by atoms with Crippen molar-refractivity contribution in [2.75, 3.05) is 13.6 Å². The van der Waals surface area contributed by atoms with Crippen molar-refractivity contribution >= 4 is 0 Å². The van der Waals surface area contributed by atoms with Crippen LogP contribution in [0.3, 0.4) is 0 Å². The summed E-state index contributed by atoms with van der Waals surface area (Å²) < 4.78 is 8.13. The minimum Gasteiger partial charge on any atom is -0.488 e. The Bertz CT molecular complexity index is 608. The number of hydrogen-bond donors (Lipinski definition) is 1. The molecule has 0 saturated carbocycles. The van der Waals surface area contributed by atoms with Crippen LogP contribution in [0.25, 0.3) is 0 Å². The molecular formula is C17H23N3O. The molecule has 2 heterocycles. The van der Waals surface area contributed by atoms with Crippen LogP contribution in [0.15, 0.2) is 24.3 Å². The molecule has 112 valence electrons. The molecule has 1 aliphatic rings. The molecule has 1 atom stereocenters. The number of rotatable bonds is 5. The number of ether oxygens (including phenoxy) is 1. The normalized spacial score (nSPS) is 16.8. The highest BCUT2D eigenvalue weighted by Crippen LogP contribution is 2.29. The summed E-state index contributed by atoms with van der Waals surface area (Å²) in [5, 5.41) is 7.90. The Kier molecular flexibility index (Phi) is 3.97. The Labute approximate surface area is 126 Å². The number of likely N-dealkylation sites (N-methyl/N-ethyl adjacent to an activating group) is 1. The van der Waals surface area contributed by atoms with Crippen LogP contribution in [0.4, 0.5) is 0 Å². The lowest BCUT2D eigenvalue weighted by molar-refractivity contribution is 0.202. The van der Waals surface area contributed by atoms with Gasteiger partial charge in [-0.2, -0.15) is 5.10 Å². The summed E-state index contributed by atoms with van der Waals surface area (Å²) in [4.78, 5) is 0. The van der Waals surface area contributed by atoms with Gasteiger partial charge in [-0.15, -0.1) is 0 Å². The largest absolute Gasteiger partial charge is 0.488 e. The van der Waals surface area contributed by atoms with Crippen LogP contribution in [-0.4, -0.2) is 29.5 Å². The minimum absolute atomic E-state index is 0.192. The van der Waals surface area contributed by atoms with E-state index in [4.69, 9.17) is 9.84 Å². The SMILES string of the molecule is CNCCc1c(C)nn(CC2Cc3ccccc3O2)c1C. The molecule has 0 spiro atoms. The van der Waals surface area contributed by atoms with Crippen molar-refractivity contribution in [2.45, 2.75) is 39.3 Å². The van der Waals surface area contributed by atoms with Crippen molar-refractivity contribution in [1.82, 2.24) is 15.1 Å². The molecule has 3 rings (SSSR count). The van der Waals surface area contributed by atoms with E-state index in [-0.39, 0.29) is 6.10 Å². The molecule has 0 bridgehead atoms. The number of aryl methyl sites for hydroxylation is 1. The monoisotopic (exact) mass is 285 g/mol. The first kappa shape index (κ1) is 14.1. The maximum Gasteiger partial charge on any atom is 0.123 e. The van der Waals surface area contributed by atoms with Gasteiger partial charge < -0.3 is 10.1 Å². The summed E-state index contributed by atoms with van der Waals surface area (Å²) in [6.07, 6.45) is 2.19. The third kappa shape index (κ3) is 2.81. The molecule has 0 radical (unpaired) electrons. The zero-order valence-electron chi connectivity index (χ0n) is 13.0. The van der Waals surface area contributed by atoms with Gasteiger partial charge in [-0.1, -0.05) is 18.2 Å². The second-order valence-electron chi connectivity index (χ2n) is 5.74. The fourth-order valence-corrected chi connectivity index (χ4v) is 3.07. The van der Waals surface area contributed by atoms with Gasteiger partial charge in [0, 0.05) is 12.1 Å². The Balaban J connectivity index is 1.72. The van der Waals surface area contributed by atoms with Crippen molar-refractivity contribution in [3.63, 3.8) is 0 Å². The Morgan fingerprint density at radius 1 is 1.33 bits per heavy atom. The predicted molar refractivity (Wildman–Crippen MR) is 83.9 cm³/mol. The Hall–Kier alpha value is -1.81. The molecule has 21 heavy (non-hydrogen) atoms. The quantitative estimate of drug-likeness (QED) is 0.916. The molecule has 1 unspecified atom stereocenters. The van der Waals surface area contributed by atoms with Crippen LogP contribution in [0.2, 0.25) is 0 Å². The third-order valence-corrected chi connectivity index (χ3v) is 4.25. The fourth-order valence-electron chi connectivity index (χ4n) is 3.07. The van der Waals surface area contributed by atoms with Crippen LogP contribution in [-0.2, 0) is 19.4 Å². The van der Waals surface area contributed by atoms with Gasteiger partial charge in [0.25, 0.3) is 0 Å². The lowest BCUT2D eigenvalue weighted by Crippen LogP contribution is -2.22. The lowest BCUT2D eigenvalue weighted by atomic mass is 10.1. The van der Waals surface area contributed by atoms with E-state index in [1.165, 1.54) is 16.8 Å². The average Bonchev–Trinajstić information content (AvgIpc) is 2.99. The molecule has 2 aromatic rings. The first-order valence-corrected chi connectivity index (χ1v) is 7.61. The van der Waals surface area contributed by atoms with Gasteiger partial charge in [0.1, 0.15) is 11.9 Å². The van der Waals surface area contributed by atoms with Crippen LogP contribution in [0.5, 0.6) is 5.75 Å². The van der Waals surface area contributed by atoms with E-state index in [9.17, 15) is 0 Å². The van der Waals surface area contributed by atoms with Gasteiger partial charge in [0.15, 0.2) is 0 Å². The highest BCUT2D eigenvalue weighted by Gasteiger charge is 2.24. The highest BCUT2D eigenvalue weighted by atomic mass is 16.5. The summed E-state index contributed by atoms with van der Waals surface area (Å²) in [6, 6.07) is 8.30. The van der Waals surface area contributed by atoms with E-state index in [1.54, 1.807) is 0 Å². The molecule has 1 aromatic carbocycles. The second-order valence-corrected chi connectivity index (χ2v) is 5.74. The topological polar surface area (TPSA) is 39.1 Å². The molecular weight excluding hydrogens is 262 g/mol. The van der Waals surface area contributed by atoms with Crippen molar-refractivity contribution < 1.29 is 4.74 Å². The number of nitrogens with one attached hydrogen (secondary N) is 1. The molecule has 1 N–H and O–H groups in total. The fraction of sp³-hybridized carbons (Fsp3) is 0.471. The summed E-state index contributed by atoms with van der Waals surface area (Å²) in [6.45, 7) is 6.06. The summed E-state index contributed by atoms with van der Waals surface area (Å²) in [7, 11) is 1.98. The van der Waals surface area contributed by atoms with Gasteiger partial charge in [-0.25, -0.2) is 0 Å². The molecule has 1 aliphatic heterocycles. The Morgan fingerprint density at radius 3 is 2.90 bits per heavy atom. The maximum absolute atomic E-state index is 6.02. The molecule has 0 saturated heterocycles. The van der Waals surface area contributed by atoms with Crippen molar-refractivity contribution in [3.8, 4) is 5.75 Å². The maximum atomic E-state index is 6.02. The van der Waals surface area contributed by atoms with Crippen LogP contribution >= 0.6 is 0 Å². The van der Waals surface area contributed by atoms with E-state index in [0.717, 1.165) is 37.4 Å². The first-order valence-electron chi connectivity index (χ1n) is 7.61. The molecule has 0 amide bonds. The minimum atomic E-state index is 0.192. The number of para-hydroxylation sites is 1. The zero-order chi connectivity index (χ0) is 14.8. The van der Waals surface area contributed by atoms with Gasteiger partial charge in [0.05, 0.1) is 12.2 Å². The summed E-state index contributed by atoms with van der Waals surface area (Å²) in [5.41, 5.74) is 5.07. The predicted octanol–water partition coefficient (Wildman–Crippen LogP) is 2.27. The number of aromatic nitrogens is 2. The van der Waals surface area contributed by atoms with E-state index in [0.29, 0.717) is 0 Å². The van der Waals surface area contributed by atoms with Gasteiger partial charge in [-0.05, 0) is 51.1 Å². The van der Waals surface area contributed by atoms with E-state index >= 15 is 0 Å². The molecule has 0 fully saturated rings. The van der Waals surface area contributed by atoms with Crippen LogP contribution in [0.1, 0.15) is 22.5 Å². The molecule has 0 aliphatic carbocycles. The van der Waals surface area contributed by atoms with E-state index < -0.39 is 0 Å². The van der Waals surface area contributed by atoms with Crippen LogP contribution < -0.4 is 10.1 Å². The van der Waals surface area contributed by atoms with Crippen molar-refractivity contribution in [2.24, 2.45) is 0 Å². The average molecular weight is 285 g/mol. The van der Waals surface area contributed by atoms with Crippen molar-refractivity contribution in [1.29, 1.82) is 0 Å². The Morgan fingerprint density at radius 2 is 2.14 bits per heavy atom. The summed E-state index contributed by atoms with van der Waals surface area (Å²) >= 11 is 0. The number of nitrogens with zero attached hydrogens (tertiary/aromatic N) is 2. The van der Waals surface area contributed by atoms with Crippen LogP contribution in [0, 0.1) is 13.8 Å². The standard InChI is InChI=1S/C17H23N3O/c1-12-16(8-9-18-3)13(2)20(19-12)11-15-10-14-6-4-5-7-17(14)21-15/h4-7,15,18H,8-11H2,1-3H3. The van der Waals surface area contributed by atoms with E-state index in [1.807, 2.05) is 13.1 Å². The first-order chi connectivity index (χ1) is 10.2. The number of hydrogen-bond acceptors (Lipinski definition) is 3. The highest BCUT2D eigenvalue weighted by molar-refractivity contribution is 5.37. The summed E-state index contributed by atoms with van der Waals surface area (Å²) in [5.74, 6) is 1.03. The van der Waals surface area contributed by atoms with E-state index in [2.05, 4.69) is 42.0 Å². The smallest absolute Gasteiger partial charge is 0.123 e. The molecule has 4 heteroatoms.